The van der Waals surface area contributed by atoms with Crippen molar-refractivity contribution in [3.8, 4) is 0 Å². The van der Waals surface area contributed by atoms with E-state index >= 15 is 0 Å². The van der Waals surface area contributed by atoms with E-state index in [2.05, 4.69) is 10.3 Å². The van der Waals surface area contributed by atoms with Crippen molar-refractivity contribution in [2.45, 2.75) is 6.42 Å². The van der Waals surface area contributed by atoms with E-state index in [-0.39, 0.29) is 24.3 Å². The lowest BCUT2D eigenvalue weighted by atomic mass is 10.2. The zero-order valence-electron chi connectivity index (χ0n) is 8.89. The summed E-state index contributed by atoms with van der Waals surface area (Å²) in [7, 11) is -3.48. The molecule has 0 bridgehead atoms. The van der Waals surface area contributed by atoms with Gasteiger partial charge < -0.3 is 5.32 Å². The van der Waals surface area contributed by atoms with Crippen LogP contribution in [0.1, 0.15) is 16.8 Å². The molecule has 0 saturated carbocycles. The first-order valence-electron chi connectivity index (χ1n) is 4.78. The Morgan fingerprint density at radius 3 is 2.82 bits per heavy atom. The van der Waals surface area contributed by atoms with Gasteiger partial charge in [0.2, 0.25) is 10.0 Å². The maximum absolute atomic E-state index is 11.6. The standard InChI is InChI=1S/C9H12ClN3O3S/c10-8-2-4-12-6-7(8)9(14)13-3-1-5-17(11,15)16/h2,4,6H,1,3,5H2,(H,13,14)(H2,11,15,16). The minimum atomic E-state index is -3.48. The second-order valence-corrected chi connectivity index (χ2v) is 5.47. The third kappa shape index (κ3) is 5.12. The minimum absolute atomic E-state index is 0.173. The summed E-state index contributed by atoms with van der Waals surface area (Å²) in [6.45, 7) is 0.209. The third-order valence-corrected chi connectivity index (χ3v) is 3.09. The van der Waals surface area contributed by atoms with E-state index in [1.165, 1.54) is 18.5 Å². The van der Waals surface area contributed by atoms with E-state index in [1.54, 1.807) is 0 Å². The van der Waals surface area contributed by atoms with Gasteiger partial charge in [0.1, 0.15) is 0 Å². The highest BCUT2D eigenvalue weighted by atomic mass is 35.5. The molecule has 1 amide bonds. The summed E-state index contributed by atoms with van der Waals surface area (Å²) in [5.41, 5.74) is 0.254. The van der Waals surface area contributed by atoms with Crippen LogP contribution in [0.4, 0.5) is 0 Å². The Morgan fingerprint density at radius 2 is 2.24 bits per heavy atom. The molecule has 1 rings (SSSR count). The fourth-order valence-corrected chi connectivity index (χ4v) is 1.85. The molecule has 1 aromatic heterocycles. The third-order valence-electron chi connectivity index (χ3n) is 1.90. The molecule has 0 aliphatic heterocycles. The summed E-state index contributed by atoms with van der Waals surface area (Å²) in [6, 6.07) is 1.50. The topological polar surface area (TPSA) is 102 Å². The lowest BCUT2D eigenvalue weighted by Gasteiger charge is -2.05. The number of rotatable bonds is 5. The summed E-state index contributed by atoms with van der Waals surface area (Å²) in [5.74, 6) is -0.564. The Morgan fingerprint density at radius 1 is 1.53 bits per heavy atom. The minimum Gasteiger partial charge on any atom is -0.352 e. The van der Waals surface area contributed by atoms with Crippen LogP contribution in [0.15, 0.2) is 18.5 Å². The van der Waals surface area contributed by atoms with E-state index in [0.717, 1.165) is 0 Å². The van der Waals surface area contributed by atoms with Gasteiger partial charge in [-0.05, 0) is 12.5 Å². The van der Waals surface area contributed by atoms with Crippen LogP contribution in [-0.4, -0.2) is 31.6 Å². The summed E-state index contributed by atoms with van der Waals surface area (Å²) >= 11 is 5.79. The van der Waals surface area contributed by atoms with Crippen LogP contribution in [0.5, 0.6) is 0 Å². The van der Waals surface area contributed by atoms with E-state index in [9.17, 15) is 13.2 Å². The molecule has 0 atom stereocenters. The first-order valence-corrected chi connectivity index (χ1v) is 6.87. The lowest BCUT2D eigenvalue weighted by molar-refractivity contribution is 0.0953. The van der Waals surface area contributed by atoms with Crippen LogP contribution in [0.2, 0.25) is 5.02 Å². The number of carbonyl (C=O) groups is 1. The number of aromatic nitrogens is 1. The zero-order chi connectivity index (χ0) is 12.9. The monoisotopic (exact) mass is 277 g/mol. The fourth-order valence-electron chi connectivity index (χ4n) is 1.12. The number of primary sulfonamides is 1. The number of hydrogen-bond acceptors (Lipinski definition) is 4. The predicted octanol–water partition coefficient (Wildman–Crippen LogP) is 0.143. The first-order chi connectivity index (χ1) is 7.90. The van der Waals surface area contributed by atoms with Gasteiger partial charge in [-0.1, -0.05) is 11.6 Å². The molecule has 0 fully saturated rings. The molecule has 0 aromatic carbocycles. The highest BCUT2D eigenvalue weighted by molar-refractivity contribution is 7.89. The molecule has 0 unspecified atom stereocenters. The maximum atomic E-state index is 11.6. The Hall–Kier alpha value is -1.18. The van der Waals surface area contributed by atoms with Gasteiger partial charge in [-0.3, -0.25) is 9.78 Å². The summed E-state index contributed by atoms with van der Waals surface area (Å²) in [5, 5.41) is 7.64. The smallest absolute Gasteiger partial charge is 0.254 e. The van der Waals surface area contributed by atoms with Crippen LogP contribution in [0.3, 0.4) is 0 Å². The number of nitrogens with one attached hydrogen (secondary N) is 1. The van der Waals surface area contributed by atoms with Crippen LogP contribution in [0, 0.1) is 0 Å². The van der Waals surface area contributed by atoms with Gasteiger partial charge >= 0.3 is 0 Å². The largest absolute Gasteiger partial charge is 0.352 e. The van der Waals surface area contributed by atoms with Crippen LogP contribution in [-0.2, 0) is 10.0 Å². The van der Waals surface area contributed by atoms with Gasteiger partial charge in [0.05, 0.1) is 16.3 Å². The first kappa shape index (κ1) is 13.9. The van der Waals surface area contributed by atoms with Crippen molar-refractivity contribution >= 4 is 27.5 Å². The van der Waals surface area contributed by atoms with Crippen molar-refractivity contribution in [3.05, 3.63) is 29.0 Å². The molecule has 3 N–H and O–H groups in total. The van der Waals surface area contributed by atoms with Crippen molar-refractivity contribution in [1.82, 2.24) is 10.3 Å². The fraction of sp³-hybridized carbons (Fsp3) is 0.333. The second kappa shape index (κ2) is 5.95. The molecule has 0 aliphatic rings. The van der Waals surface area contributed by atoms with E-state index in [0.29, 0.717) is 5.02 Å². The van der Waals surface area contributed by atoms with Crippen LogP contribution < -0.4 is 10.5 Å². The molecule has 0 aliphatic carbocycles. The van der Waals surface area contributed by atoms with Crippen molar-refractivity contribution in [2.75, 3.05) is 12.3 Å². The maximum Gasteiger partial charge on any atom is 0.254 e. The predicted molar refractivity (Wildman–Crippen MR) is 64.2 cm³/mol. The number of sulfonamides is 1. The molecule has 0 spiro atoms. The quantitative estimate of drug-likeness (QED) is 0.748. The highest BCUT2D eigenvalue weighted by Gasteiger charge is 2.09. The molecular formula is C9H12ClN3O3S. The van der Waals surface area contributed by atoms with Crippen molar-refractivity contribution in [3.63, 3.8) is 0 Å². The number of pyridine rings is 1. The van der Waals surface area contributed by atoms with Gasteiger partial charge in [0.15, 0.2) is 0 Å². The Bertz CT molecular complexity index is 504. The SMILES string of the molecule is NS(=O)(=O)CCCNC(=O)c1cnccc1Cl. The van der Waals surface area contributed by atoms with E-state index in [4.69, 9.17) is 16.7 Å². The van der Waals surface area contributed by atoms with Crippen LogP contribution >= 0.6 is 11.6 Å². The molecule has 1 aromatic rings. The van der Waals surface area contributed by atoms with Crippen molar-refractivity contribution < 1.29 is 13.2 Å². The van der Waals surface area contributed by atoms with Gasteiger partial charge in [-0.15, -0.1) is 0 Å². The number of nitrogens with zero attached hydrogens (tertiary/aromatic N) is 1. The Labute approximate surface area is 104 Å². The van der Waals surface area contributed by atoms with Crippen LogP contribution in [0.25, 0.3) is 0 Å². The van der Waals surface area contributed by atoms with Gasteiger partial charge in [-0.2, -0.15) is 0 Å². The van der Waals surface area contributed by atoms with E-state index < -0.39 is 15.9 Å². The van der Waals surface area contributed by atoms with Gasteiger partial charge in [-0.25, -0.2) is 13.6 Å². The molecule has 1 heterocycles. The molecule has 0 saturated heterocycles. The molecule has 8 heteroatoms. The van der Waals surface area contributed by atoms with Crippen molar-refractivity contribution in [2.24, 2.45) is 5.14 Å². The summed E-state index contributed by atoms with van der Waals surface area (Å²) in [4.78, 5) is 15.3. The van der Waals surface area contributed by atoms with Gasteiger partial charge in [0.25, 0.3) is 5.91 Å². The lowest BCUT2D eigenvalue weighted by Crippen LogP contribution is -2.27. The van der Waals surface area contributed by atoms with Crippen molar-refractivity contribution in [1.29, 1.82) is 0 Å². The molecular weight excluding hydrogens is 266 g/mol. The number of amides is 1. The number of hydrogen-bond donors (Lipinski definition) is 2. The molecule has 0 radical (unpaired) electrons. The molecule has 94 valence electrons. The Kier molecular flexibility index (Phi) is 4.86. The summed E-state index contributed by atoms with van der Waals surface area (Å²) < 4.78 is 21.3. The molecule has 6 nitrogen and oxygen atoms in total. The second-order valence-electron chi connectivity index (χ2n) is 3.33. The van der Waals surface area contributed by atoms with E-state index in [1.807, 2.05) is 0 Å². The zero-order valence-corrected chi connectivity index (χ0v) is 10.5. The Balaban J connectivity index is 2.44. The average Bonchev–Trinajstić information content (AvgIpc) is 2.23. The summed E-state index contributed by atoms with van der Waals surface area (Å²) in [6.07, 6.45) is 3.07. The number of halogens is 1. The van der Waals surface area contributed by atoms with Gasteiger partial charge in [0, 0.05) is 18.9 Å². The number of carbonyl (C=O) groups excluding carboxylic acids is 1. The average molecular weight is 278 g/mol. The number of nitrogens with two attached hydrogens (primary N) is 1. The highest BCUT2D eigenvalue weighted by Crippen LogP contribution is 2.12. The normalized spacial score (nSPS) is 11.2. The molecule has 17 heavy (non-hydrogen) atoms.